The summed E-state index contributed by atoms with van der Waals surface area (Å²) in [6, 6.07) is 19.6. The number of amides is 1. The molecular weight excluding hydrogens is 431 g/mol. The maximum atomic E-state index is 13.3. The fraction of sp³-hybridized carbons (Fsp3) is 0.208. The number of ether oxygens (including phenoxy) is 1. The molecule has 1 amide bonds. The summed E-state index contributed by atoms with van der Waals surface area (Å²) in [6.45, 7) is 2.73. The molecule has 0 bridgehead atoms. The molecule has 3 rings (SSSR count). The fourth-order valence-corrected chi connectivity index (χ4v) is 4.02. The van der Waals surface area contributed by atoms with Crippen molar-refractivity contribution in [1.29, 1.82) is 0 Å². The van der Waals surface area contributed by atoms with Crippen LogP contribution in [0.1, 0.15) is 28.4 Å². The van der Waals surface area contributed by atoms with Crippen LogP contribution < -0.4 is 14.4 Å². The molecular formula is C24H25FN2O4S. The second-order valence-corrected chi connectivity index (χ2v) is 9.11. The summed E-state index contributed by atoms with van der Waals surface area (Å²) in [5.74, 6) is 0.00895. The van der Waals surface area contributed by atoms with Crippen LogP contribution in [-0.2, 0) is 23.1 Å². The number of anilines is 1. The lowest BCUT2D eigenvalue weighted by atomic mass is 10.1. The molecule has 0 radical (unpaired) electrons. The number of carbonyl (C=O) groups is 1. The minimum atomic E-state index is -3.53. The number of nitrogens with one attached hydrogen (secondary N) is 1. The molecule has 0 spiro atoms. The molecule has 0 heterocycles. The number of rotatable bonds is 9. The molecule has 0 aromatic heterocycles. The van der Waals surface area contributed by atoms with Crippen molar-refractivity contribution in [2.75, 3.05) is 17.2 Å². The van der Waals surface area contributed by atoms with Crippen LogP contribution in [0.2, 0.25) is 0 Å². The lowest BCUT2D eigenvalue weighted by Gasteiger charge is -2.23. The van der Waals surface area contributed by atoms with Gasteiger partial charge in [0.2, 0.25) is 10.0 Å². The average Bonchev–Trinajstić information content (AvgIpc) is 2.76. The summed E-state index contributed by atoms with van der Waals surface area (Å²) >= 11 is 0. The third-order valence-electron chi connectivity index (χ3n) is 4.72. The predicted molar refractivity (Wildman–Crippen MR) is 123 cm³/mol. The van der Waals surface area contributed by atoms with Gasteiger partial charge in [0.1, 0.15) is 11.6 Å². The van der Waals surface area contributed by atoms with Crippen LogP contribution in [-0.4, -0.2) is 27.2 Å². The highest BCUT2D eigenvalue weighted by molar-refractivity contribution is 7.92. The molecule has 32 heavy (non-hydrogen) atoms. The largest absolute Gasteiger partial charge is 0.494 e. The zero-order valence-electron chi connectivity index (χ0n) is 17.9. The molecule has 0 atom stereocenters. The number of halogens is 1. The molecule has 8 heteroatoms. The lowest BCUT2D eigenvalue weighted by Crippen LogP contribution is -2.29. The summed E-state index contributed by atoms with van der Waals surface area (Å²) in [4.78, 5) is 12.4. The van der Waals surface area contributed by atoms with Crippen LogP contribution in [0.3, 0.4) is 0 Å². The molecule has 0 aliphatic heterocycles. The summed E-state index contributed by atoms with van der Waals surface area (Å²) in [7, 11) is -3.53. The van der Waals surface area contributed by atoms with Gasteiger partial charge in [-0.25, -0.2) is 12.8 Å². The Hall–Kier alpha value is -3.39. The van der Waals surface area contributed by atoms with E-state index in [0.29, 0.717) is 29.2 Å². The summed E-state index contributed by atoms with van der Waals surface area (Å²) in [6.07, 6.45) is 1.15. The normalized spacial score (nSPS) is 11.1. The van der Waals surface area contributed by atoms with E-state index in [1.54, 1.807) is 60.7 Å². The Labute approximate surface area is 187 Å². The molecule has 6 nitrogen and oxygen atoms in total. The molecule has 0 aliphatic carbocycles. The Morgan fingerprint density at radius 2 is 1.69 bits per heavy atom. The topological polar surface area (TPSA) is 75.7 Å². The molecule has 1 N–H and O–H groups in total. The summed E-state index contributed by atoms with van der Waals surface area (Å²) in [5, 5.41) is 2.74. The molecule has 0 aliphatic rings. The molecule has 0 saturated heterocycles. The minimum Gasteiger partial charge on any atom is -0.494 e. The fourth-order valence-electron chi connectivity index (χ4n) is 3.13. The Kier molecular flexibility index (Phi) is 7.48. The van der Waals surface area contributed by atoms with Crippen LogP contribution in [0.15, 0.2) is 72.8 Å². The standard InChI is InChI=1S/C24H25FN2O4S/c1-3-31-23-13-11-22(12-14-23)27(32(2,29)30)17-18-7-9-20(10-8-18)24(28)26-16-19-5-4-6-21(25)15-19/h4-15H,3,16-17H2,1-2H3,(H,26,28). The third kappa shape index (κ3) is 6.31. The van der Waals surface area contributed by atoms with Gasteiger partial charge in [0, 0.05) is 12.1 Å². The van der Waals surface area contributed by atoms with E-state index >= 15 is 0 Å². The van der Waals surface area contributed by atoms with Crippen LogP contribution in [0.5, 0.6) is 5.75 Å². The SMILES string of the molecule is CCOc1ccc(N(Cc2ccc(C(=O)NCc3cccc(F)c3)cc2)S(C)(=O)=O)cc1. The van der Waals surface area contributed by atoms with Gasteiger partial charge in [-0.2, -0.15) is 0 Å². The van der Waals surface area contributed by atoms with E-state index in [4.69, 9.17) is 4.74 Å². The molecule has 168 valence electrons. The van der Waals surface area contributed by atoms with Gasteiger partial charge in [-0.1, -0.05) is 24.3 Å². The van der Waals surface area contributed by atoms with E-state index in [-0.39, 0.29) is 24.8 Å². The van der Waals surface area contributed by atoms with Crippen molar-refractivity contribution >= 4 is 21.6 Å². The highest BCUT2D eigenvalue weighted by Gasteiger charge is 2.18. The second kappa shape index (κ2) is 10.3. The number of sulfonamides is 1. The first-order valence-corrected chi connectivity index (χ1v) is 11.9. The van der Waals surface area contributed by atoms with Crippen molar-refractivity contribution in [3.8, 4) is 5.75 Å². The van der Waals surface area contributed by atoms with Crippen molar-refractivity contribution < 1.29 is 22.3 Å². The zero-order chi connectivity index (χ0) is 23.1. The zero-order valence-corrected chi connectivity index (χ0v) is 18.7. The highest BCUT2D eigenvalue weighted by atomic mass is 32.2. The van der Waals surface area contributed by atoms with Crippen molar-refractivity contribution in [1.82, 2.24) is 5.32 Å². The van der Waals surface area contributed by atoms with Gasteiger partial charge in [-0.05, 0) is 66.6 Å². The van der Waals surface area contributed by atoms with E-state index in [1.807, 2.05) is 6.92 Å². The average molecular weight is 457 g/mol. The van der Waals surface area contributed by atoms with Gasteiger partial charge in [-0.3, -0.25) is 9.10 Å². The maximum Gasteiger partial charge on any atom is 0.251 e. The number of benzene rings is 3. The molecule has 3 aromatic carbocycles. The van der Waals surface area contributed by atoms with E-state index < -0.39 is 10.0 Å². The van der Waals surface area contributed by atoms with Gasteiger partial charge >= 0.3 is 0 Å². The highest BCUT2D eigenvalue weighted by Crippen LogP contribution is 2.24. The van der Waals surface area contributed by atoms with Crippen LogP contribution in [0.4, 0.5) is 10.1 Å². The predicted octanol–water partition coefficient (Wildman–Crippen LogP) is 4.12. The first-order chi connectivity index (χ1) is 15.3. The number of hydrogen-bond acceptors (Lipinski definition) is 4. The van der Waals surface area contributed by atoms with Crippen LogP contribution >= 0.6 is 0 Å². The Balaban J connectivity index is 1.68. The van der Waals surface area contributed by atoms with Crippen molar-refractivity contribution in [2.24, 2.45) is 0 Å². The molecule has 0 unspecified atom stereocenters. The first kappa shape index (κ1) is 23.3. The van der Waals surface area contributed by atoms with Crippen molar-refractivity contribution in [3.63, 3.8) is 0 Å². The van der Waals surface area contributed by atoms with Gasteiger partial charge in [-0.15, -0.1) is 0 Å². The monoisotopic (exact) mass is 456 g/mol. The lowest BCUT2D eigenvalue weighted by molar-refractivity contribution is 0.0951. The van der Waals surface area contributed by atoms with E-state index in [1.165, 1.54) is 16.4 Å². The number of carbonyl (C=O) groups excluding carboxylic acids is 1. The maximum absolute atomic E-state index is 13.3. The Morgan fingerprint density at radius 3 is 2.28 bits per heavy atom. The van der Waals surface area contributed by atoms with Gasteiger partial charge in [0.25, 0.3) is 5.91 Å². The minimum absolute atomic E-state index is 0.123. The molecule has 0 saturated carbocycles. The van der Waals surface area contributed by atoms with E-state index in [2.05, 4.69) is 5.32 Å². The molecule has 3 aromatic rings. The molecule has 0 fully saturated rings. The number of hydrogen-bond donors (Lipinski definition) is 1. The van der Waals surface area contributed by atoms with Crippen LogP contribution in [0, 0.1) is 5.82 Å². The van der Waals surface area contributed by atoms with Gasteiger partial charge in [0.05, 0.1) is 25.1 Å². The van der Waals surface area contributed by atoms with E-state index in [9.17, 15) is 17.6 Å². The smallest absolute Gasteiger partial charge is 0.251 e. The second-order valence-electron chi connectivity index (χ2n) is 7.21. The summed E-state index contributed by atoms with van der Waals surface area (Å²) < 4.78 is 44.7. The number of nitrogens with zero attached hydrogens (tertiary/aromatic N) is 1. The van der Waals surface area contributed by atoms with Gasteiger partial charge in [0.15, 0.2) is 0 Å². The third-order valence-corrected chi connectivity index (χ3v) is 5.86. The van der Waals surface area contributed by atoms with Crippen molar-refractivity contribution in [2.45, 2.75) is 20.0 Å². The Morgan fingerprint density at radius 1 is 1.00 bits per heavy atom. The van der Waals surface area contributed by atoms with Crippen LogP contribution in [0.25, 0.3) is 0 Å². The quantitative estimate of drug-likeness (QED) is 0.526. The van der Waals surface area contributed by atoms with E-state index in [0.717, 1.165) is 11.8 Å². The Bertz CT molecular complexity index is 1160. The van der Waals surface area contributed by atoms with Crippen molar-refractivity contribution in [3.05, 3.63) is 95.3 Å². The summed E-state index contributed by atoms with van der Waals surface area (Å²) in [5.41, 5.74) is 2.34. The van der Waals surface area contributed by atoms with Gasteiger partial charge < -0.3 is 10.1 Å². The first-order valence-electron chi connectivity index (χ1n) is 10.1.